The third-order valence-electron chi connectivity index (χ3n) is 2.33. The molecule has 1 N–H and O–H groups in total. The number of hydrogen-bond donors (Lipinski definition) is 1. The van der Waals surface area contributed by atoms with Crippen LogP contribution in [-0.2, 0) is 23.5 Å². The first-order chi connectivity index (χ1) is 8.50. The first-order valence-corrected chi connectivity index (χ1v) is 7.93. The highest BCUT2D eigenvalue weighted by Crippen LogP contribution is 2.18. The van der Waals surface area contributed by atoms with Crippen LogP contribution in [-0.4, -0.2) is 24.5 Å². The lowest BCUT2D eigenvalue weighted by atomic mass is 10.3. The molecule has 0 amide bonds. The van der Waals surface area contributed by atoms with Gasteiger partial charge in [-0.15, -0.1) is 11.3 Å². The number of sulfonamides is 1. The van der Waals surface area contributed by atoms with Gasteiger partial charge in [-0.05, 0) is 17.9 Å². The summed E-state index contributed by atoms with van der Waals surface area (Å²) >= 11 is 7.45. The zero-order chi connectivity index (χ0) is 13.2. The van der Waals surface area contributed by atoms with Crippen molar-refractivity contribution in [2.75, 3.05) is 6.54 Å². The number of aromatic nitrogens is 2. The second kappa shape index (κ2) is 5.40. The molecule has 0 bridgehead atoms. The maximum absolute atomic E-state index is 11.9. The molecule has 2 aromatic heterocycles. The summed E-state index contributed by atoms with van der Waals surface area (Å²) in [4.78, 5) is 4.92. The van der Waals surface area contributed by atoms with Crippen LogP contribution in [0.1, 0.15) is 4.88 Å². The van der Waals surface area contributed by atoms with Crippen LogP contribution in [0.15, 0.2) is 28.9 Å². The van der Waals surface area contributed by atoms with Crippen molar-refractivity contribution < 1.29 is 8.42 Å². The van der Waals surface area contributed by atoms with Crippen molar-refractivity contribution in [3.8, 4) is 0 Å². The van der Waals surface area contributed by atoms with Gasteiger partial charge in [0.1, 0.15) is 5.15 Å². The van der Waals surface area contributed by atoms with E-state index in [1.807, 2.05) is 17.5 Å². The summed E-state index contributed by atoms with van der Waals surface area (Å²) in [5.74, 6) is 0. The van der Waals surface area contributed by atoms with Gasteiger partial charge < -0.3 is 4.57 Å². The lowest BCUT2D eigenvalue weighted by Gasteiger charge is -2.04. The maximum Gasteiger partial charge on any atom is 0.261 e. The molecule has 0 aromatic carbocycles. The lowest BCUT2D eigenvalue weighted by molar-refractivity contribution is 0.578. The summed E-state index contributed by atoms with van der Waals surface area (Å²) in [6, 6.07) is 3.90. The monoisotopic (exact) mass is 305 g/mol. The van der Waals surface area contributed by atoms with Gasteiger partial charge in [0.2, 0.25) is 5.03 Å². The molecular weight excluding hydrogens is 294 g/mol. The molecule has 2 heterocycles. The Labute approximate surface area is 114 Å². The van der Waals surface area contributed by atoms with E-state index in [2.05, 4.69) is 9.71 Å². The number of rotatable bonds is 5. The highest BCUT2D eigenvalue weighted by atomic mass is 35.5. The standard InChI is InChI=1S/C10H12ClN3O2S2/c1-14-7-12-10(9(14)11)18(15,16)13-5-4-8-3-2-6-17-8/h2-3,6-7,13H,4-5H2,1H3. The van der Waals surface area contributed by atoms with Crippen LogP contribution in [0.5, 0.6) is 0 Å². The number of nitrogens with one attached hydrogen (secondary N) is 1. The molecule has 0 fully saturated rings. The molecule has 0 saturated carbocycles. The summed E-state index contributed by atoms with van der Waals surface area (Å²) in [7, 11) is -1.99. The SMILES string of the molecule is Cn1cnc(S(=O)(=O)NCCc2cccs2)c1Cl. The van der Waals surface area contributed by atoms with Gasteiger partial charge in [0.25, 0.3) is 10.0 Å². The first-order valence-electron chi connectivity index (χ1n) is 5.19. The normalized spacial score (nSPS) is 11.9. The molecule has 2 aromatic rings. The Morgan fingerprint density at radius 2 is 2.33 bits per heavy atom. The van der Waals surface area contributed by atoms with E-state index in [4.69, 9.17) is 11.6 Å². The van der Waals surface area contributed by atoms with E-state index in [9.17, 15) is 8.42 Å². The minimum absolute atomic E-state index is 0.110. The van der Waals surface area contributed by atoms with Crippen molar-refractivity contribution in [3.05, 3.63) is 33.9 Å². The minimum Gasteiger partial charge on any atom is -0.324 e. The summed E-state index contributed by atoms with van der Waals surface area (Å²) in [6.07, 6.45) is 2.03. The fourth-order valence-corrected chi connectivity index (χ4v) is 3.57. The van der Waals surface area contributed by atoms with Crippen LogP contribution >= 0.6 is 22.9 Å². The van der Waals surface area contributed by atoms with Gasteiger partial charge in [0, 0.05) is 18.5 Å². The molecule has 98 valence electrons. The van der Waals surface area contributed by atoms with Crippen molar-refractivity contribution in [3.63, 3.8) is 0 Å². The molecular formula is C10H12ClN3O2S2. The van der Waals surface area contributed by atoms with E-state index in [0.717, 1.165) is 4.88 Å². The highest BCUT2D eigenvalue weighted by Gasteiger charge is 2.21. The molecule has 0 unspecified atom stereocenters. The van der Waals surface area contributed by atoms with Crippen LogP contribution in [0.2, 0.25) is 5.15 Å². The summed E-state index contributed by atoms with van der Waals surface area (Å²) < 4.78 is 27.8. The highest BCUT2D eigenvalue weighted by molar-refractivity contribution is 7.89. The van der Waals surface area contributed by atoms with E-state index in [1.54, 1.807) is 18.4 Å². The first kappa shape index (κ1) is 13.5. The van der Waals surface area contributed by atoms with Gasteiger partial charge in [0.05, 0.1) is 6.33 Å². The predicted molar refractivity (Wildman–Crippen MR) is 71.4 cm³/mol. The lowest BCUT2D eigenvalue weighted by Crippen LogP contribution is -2.26. The van der Waals surface area contributed by atoms with Gasteiger partial charge in [-0.3, -0.25) is 0 Å². The van der Waals surface area contributed by atoms with Crippen molar-refractivity contribution >= 4 is 33.0 Å². The smallest absolute Gasteiger partial charge is 0.261 e. The number of hydrogen-bond acceptors (Lipinski definition) is 4. The second-order valence-electron chi connectivity index (χ2n) is 3.68. The zero-order valence-corrected chi connectivity index (χ0v) is 12.0. The van der Waals surface area contributed by atoms with E-state index in [0.29, 0.717) is 13.0 Å². The molecule has 2 rings (SSSR count). The van der Waals surface area contributed by atoms with Crippen molar-refractivity contribution in [2.24, 2.45) is 7.05 Å². The van der Waals surface area contributed by atoms with Gasteiger partial charge in [-0.25, -0.2) is 18.1 Å². The van der Waals surface area contributed by atoms with Gasteiger partial charge >= 0.3 is 0 Å². The molecule has 0 aliphatic rings. The number of aryl methyl sites for hydroxylation is 1. The fraction of sp³-hybridized carbons (Fsp3) is 0.300. The fourth-order valence-electron chi connectivity index (χ4n) is 1.41. The Hall–Kier alpha value is -0.890. The minimum atomic E-state index is -3.63. The molecule has 8 heteroatoms. The van der Waals surface area contributed by atoms with Crippen molar-refractivity contribution in [1.29, 1.82) is 0 Å². The molecule has 0 aliphatic carbocycles. The van der Waals surface area contributed by atoms with Crippen LogP contribution < -0.4 is 4.72 Å². The van der Waals surface area contributed by atoms with E-state index < -0.39 is 10.0 Å². The number of nitrogens with zero attached hydrogens (tertiary/aromatic N) is 2. The molecule has 5 nitrogen and oxygen atoms in total. The topological polar surface area (TPSA) is 64.0 Å². The van der Waals surface area contributed by atoms with E-state index >= 15 is 0 Å². The van der Waals surface area contributed by atoms with E-state index in [1.165, 1.54) is 10.9 Å². The van der Waals surface area contributed by atoms with Gasteiger partial charge in [-0.2, -0.15) is 0 Å². The average molecular weight is 306 g/mol. The Bertz CT molecular complexity index is 620. The Balaban J connectivity index is 2.02. The Morgan fingerprint density at radius 1 is 1.56 bits per heavy atom. The Morgan fingerprint density at radius 3 is 2.89 bits per heavy atom. The molecule has 18 heavy (non-hydrogen) atoms. The predicted octanol–water partition coefficient (Wildman–Crippen LogP) is 1.66. The maximum atomic E-state index is 11.9. The summed E-state index contributed by atoms with van der Waals surface area (Å²) in [6.45, 7) is 0.329. The Kier molecular flexibility index (Phi) is 4.06. The van der Waals surface area contributed by atoms with Gasteiger partial charge in [-0.1, -0.05) is 17.7 Å². The molecule has 0 atom stereocenters. The van der Waals surface area contributed by atoms with Gasteiger partial charge in [0.15, 0.2) is 0 Å². The largest absolute Gasteiger partial charge is 0.324 e. The number of imidazole rings is 1. The van der Waals surface area contributed by atoms with Crippen LogP contribution in [0.3, 0.4) is 0 Å². The van der Waals surface area contributed by atoms with Crippen molar-refractivity contribution in [1.82, 2.24) is 14.3 Å². The summed E-state index contributed by atoms with van der Waals surface area (Å²) in [5.41, 5.74) is 0. The van der Waals surface area contributed by atoms with Crippen LogP contribution in [0.25, 0.3) is 0 Å². The quantitative estimate of drug-likeness (QED) is 0.913. The summed E-state index contributed by atoms with van der Waals surface area (Å²) in [5, 5.41) is 1.94. The van der Waals surface area contributed by atoms with E-state index in [-0.39, 0.29) is 10.2 Å². The number of thiophene rings is 1. The molecule has 0 radical (unpaired) electrons. The third-order valence-corrected chi connectivity index (χ3v) is 5.22. The van der Waals surface area contributed by atoms with Crippen LogP contribution in [0.4, 0.5) is 0 Å². The second-order valence-corrected chi connectivity index (χ2v) is 6.75. The molecule has 0 saturated heterocycles. The third kappa shape index (κ3) is 2.92. The van der Waals surface area contributed by atoms with Crippen molar-refractivity contribution in [2.45, 2.75) is 11.4 Å². The zero-order valence-electron chi connectivity index (χ0n) is 9.63. The number of halogens is 1. The molecule has 0 spiro atoms. The van der Waals surface area contributed by atoms with Crippen LogP contribution in [0, 0.1) is 0 Å². The molecule has 0 aliphatic heterocycles. The average Bonchev–Trinajstić information content (AvgIpc) is 2.91.